The Labute approximate surface area is 90.2 Å². The topological polar surface area (TPSA) is 35.5 Å². The van der Waals surface area contributed by atoms with E-state index in [1.165, 1.54) is 0 Å². The van der Waals surface area contributed by atoms with Crippen LogP contribution < -0.4 is 0 Å². The number of alkyl halides is 10. The Balaban J connectivity index is 5.21. The molecule has 13 heteroatoms. The summed E-state index contributed by atoms with van der Waals surface area (Å²) < 4.78 is 117. The normalized spacial score (nSPS) is 14.6. The van der Waals surface area contributed by atoms with Crippen LogP contribution in [0.15, 0.2) is 0 Å². The van der Waals surface area contributed by atoms with Crippen LogP contribution in [0.25, 0.3) is 0 Å². The monoisotopic (exact) mass is 298 g/mol. The first-order chi connectivity index (χ1) is 7.63. The van der Waals surface area contributed by atoms with Gasteiger partial charge in [0.2, 0.25) is 0 Å². The second-order valence-electron chi connectivity index (χ2n) is 2.55. The first kappa shape index (κ1) is 16.7. The molecule has 0 radical (unpaired) electrons. The molecule has 0 atom stereocenters. The first-order valence-electron chi connectivity index (χ1n) is 3.42. The summed E-state index contributed by atoms with van der Waals surface area (Å²) in [6, 6.07) is 0. The van der Waals surface area contributed by atoms with E-state index in [0.717, 1.165) is 0 Å². The van der Waals surface area contributed by atoms with Crippen molar-refractivity contribution in [1.82, 2.24) is 0 Å². The van der Waals surface area contributed by atoms with E-state index in [0.29, 0.717) is 0 Å². The summed E-state index contributed by atoms with van der Waals surface area (Å²) in [6.45, 7) is 0. The van der Waals surface area contributed by atoms with Crippen LogP contribution in [-0.4, -0.2) is 30.4 Å². The minimum Gasteiger partial charge on any atom is -0.285 e. The Hall–Kier alpha value is -1.27. The minimum absolute atomic E-state index is 1.94. The summed E-state index contributed by atoms with van der Waals surface area (Å²) in [4.78, 5) is 14.2. The van der Waals surface area contributed by atoms with E-state index in [4.69, 9.17) is 0 Å². The van der Waals surface area contributed by atoms with Crippen molar-refractivity contribution in [3.8, 4) is 0 Å². The highest BCUT2D eigenvalue weighted by molar-refractivity contribution is 5.81. The summed E-state index contributed by atoms with van der Waals surface area (Å²) in [7, 11) is 0. The van der Waals surface area contributed by atoms with Gasteiger partial charge in [0.1, 0.15) is 0 Å². The maximum absolute atomic E-state index is 12.6. The number of hydrogen-bond acceptors (Lipinski definition) is 3. The van der Waals surface area contributed by atoms with Crippen LogP contribution in [0.5, 0.6) is 0 Å². The van der Waals surface area contributed by atoms with Crippen LogP contribution in [0.2, 0.25) is 0 Å². The van der Waals surface area contributed by atoms with Crippen molar-refractivity contribution in [3.63, 3.8) is 0 Å². The largest absolute Gasteiger partial charge is 0.558 e. The third-order valence-corrected chi connectivity index (χ3v) is 1.27. The van der Waals surface area contributed by atoms with E-state index >= 15 is 0 Å². The van der Waals surface area contributed by atoms with Gasteiger partial charge in [-0.1, -0.05) is 4.89 Å². The molecule has 0 fully saturated rings. The summed E-state index contributed by atoms with van der Waals surface area (Å²) in [5.41, 5.74) is -6.63. The Morgan fingerprint density at radius 3 is 1.28 bits per heavy atom. The molecule has 0 unspecified atom stereocenters. The number of carbonyl (C=O) groups is 1. The smallest absolute Gasteiger partial charge is 0.285 e. The van der Waals surface area contributed by atoms with E-state index in [9.17, 15) is 48.7 Å². The van der Waals surface area contributed by atoms with Gasteiger partial charge in [0.15, 0.2) is 0 Å². The van der Waals surface area contributed by atoms with Crippen molar-refractivity contribution < 1.29 is 58.5 Å². The van der Waals surface area contributed by atoms with Gasteiger partial charge in [-0.25, -0.2) is 9.18 Å². The summed E-state index contributed by atoms with van der Waals surface area (Å²) in [6.07, 6.45) is -19.7. The lowest BCUT2D eigenvalue weighted by atomic mass is 10.1. The third kappa shape index (κ3) is 3.36. The molecule has 0 aromatic rings. The van der Waals surface area contributed by atoms with Crippen molar-refractivity contribution in [3.05, 3.63) is 0 Å². The Morgan fingerprint density at radius 1 is 0.722 bits per heavy atom. The van der Waals surface area contributed by atoms with Crippen molar-refractivity contribution in [1.29, 1.82) is 0 Å². The standard InChI is InChI=1S/C5F10O3/c6-2(3(7,8)9,4(10,11)12)1(16)17-18-5(13,14)15. The quantitative estimate of drug-likeness (QED) is 0.447. The molecular weight excluding hydrogens is 298 g/mol. The average Bonchev–Trinajstić information content (AvgIpc) is 2.07. The van der Waals surface area contributed by atoms with E-state index in [-0.39, 0.29) is 0 Å². The molecule has 0 spiro atoms. The highest BCUT2D eigenvalue weighted by atomic mass is 19.4. The Bertz CT molecular complexity index is 297. The van der Waals surface area contributed by atoms with Gasteiger partial charge in [-0.05, 0) is 0 Å². The van der Waals surface area contributed by atoms with Gasteiger partial charge in [-0.15, -0.1) is 13.2 Å². The zero-order valence-electron chi connectivity index (χ0n) is 7.50. The van der Waals surface area contributed by atoms with Crippen LogP contribution in [0, 0.1) is 0 Å². The molecule has 0 saturated heterocycles. The average molecular weight is 298 g/mol. The zero-order chi connectivity index (χ0) is 15.0. The first-order valence-corrected chi connectivity index (χ1v) is 3.42. The molecule has 0 aromatic heterocycles. The van der Waals surface area contributed by atoms with Gasteiger partial charge in [0, 0.05) is 0 Å². The van der Waals surface area contributed by atoms with Gasteiger partial charge in [-0.3, -0.25) is 4.89 Å². The number of carbonyl (C=O) groups excluding carboxylic acids is 1. The highest BCUT2D eigenvalue weighted by Gasteiger charge is 2.79. The van der Waals surface area contributed by atoms with E-state index in [2.05, 4.69) is 4.89 Å². The summed E-state index contributed by atoms with van der Waals surface area (Å²) in [5, 5.41) is 0. The van der Waals surface area contributed by atoms with Crippen molar-refractivity contribution >= 4 is 5.97 Å². The van der Waals surface area contributed by atoms with Crippen molar-refractivity contribution in [2.45, 2.75) is 24.4 Å². The number of halogens is 10. The lowest BCUT2D eigenvalue weighted by Crippen LogP contribution is -2.59. The molecule has 0 aromatic carbocycles. The molecule has 0 rings (SSSR count). The highest BCUT2D eigenvalue weighted by Crippen LogP contribution is 2.47. The SMILES string of the molecule is O=C(OOC(F)(F)F)C(F)(C(F)(F)F)C(F)(F)F. The van der Waals surface area contributed by atoms with Gasteiger partial charge in [0.25, 0.3) is 0 Å². The maximum Gasteiger partial charge on any atom is 0.558 e. The van der Waals surface area contributed by atoms with Crippen molar-refractivity contribution in [2.24, 2.45) is 0 Å². The second-order valence-corrected chi connectivity index (χ2v) is 2.55. The molecule has 0 N–H and O–H groups in total. The molecule has 0 saturated carbocycles. The molecule has 108 valence electrons. The molecule has 0 amide bonds. The number of rotatable bonds is 2. The molecule has 18 heavy (non-hydrogen) atoms. The Morgan fingerprint density at radius 2 is 1.06 bits per heavy atom. The lowest BCUT2D eigenvalue weighted by Gasteiger charge is -2.26. The zero-order valence-corrected chi connectivity index (χ0v) is 7.50. The van der Waals surface area contributed by atoms with Crippen LogP contribution >= 0.6 is 0 Å². The fraction of sp³-hybridized carbons (Fsp3) is 0.800. The predicted molar refractivity (Wildman–Crippen MR) is 29.2 cm³/mol. The fourth-order valence-electron chi connectivity index (χ4n) is 0.535. The predicted octanol–water partition coefficient (Wildman–Crippen LogP) is 2.81. The van der Waals surface area contributed by atoms with Crippen LogP contribution in [-0.2, 0) is 14.6 Å². The van der Waals surface area contributed by atoms with Crippen molar-refractivity contribution in [2.75, 3.05) is 0 Å². The molecule has 0 bridgehead atoms. The van der Waals surface area contributed by atoms with Gasteiger partial charge in [0.05, 0.1) is 0 Å². The van der Waals surface area contributed by atoms with Gasteiger partial charge < -0.3 is 0 Å². The van der Waals surface area contributed by atoms with Gasteiger partial charge in [-0.2, -0.15) is 26.3 Å². The molecule has 0 aliphatic rings. The molecule has 0 aliphatic heterocycles. The second kappa shape index (κ2) is 4.44. The van der Waals surface area contributed by atoms with Gasteiger partial charge >= 0.3 is 30.4 Å². The van der Waals surface area contributed by atoms with Crippen LogP contribution in [0.3, 0.4) is 0 Å². The molecule has 3 nitrogen and oxygen atoms in total. The molecule has 0 aliphatic carbocycles. The molecular formula is C5F10O3. The lowest BCUT2D eigenvalue weighted by molar-refractivity contribution is -0.471. The molecule has 0 heterocycles. The van der Waals surface area contributed by atoms with E-state index < -0.39 is 30.4 Å². The van der Waals surface area contributed by atoms with E-state index in [1.54, 1.807) is 0 Å². The maximum atomic E-state index is 12.6. The van der Waals surface area contributed by atoms with E-state index in [1.807, 2.05) is 4.89 Å². The summed E-state index contributed by atoms with van der Waals surface area (Å²) in [5.74, 6) is -3.94. The van der Waals surface area contributed by atoms with Crippen LogP contribution in [0.4, 0.5) is 43.9 Å². The minimum atomic E-state index is -6.88. The number of hydrogen-bond donors (Lipinski definition) is 0. The summed E-state index contributed by atoms with van der Waals surface area (Å²) >= 11 is 0. The Kier molecular flexibility index (Phi) is 4.13. The fourth-order valence-corrected chi connectivity index (χ4v) is 0.535. The van der Waals surface area contributed by atoms with Crippen LogP contribution in [0.1, 0.15) is 0 Å². The third-order valence-electron chi connectivity index (χ3n) is 1.27.